The highest BCUT2D eigenvalue weighted by Gasteiger charge is 2.50. The second kappa shape index (κ2) is 17.5. The molecule has 0 bridgehead atoms. The summed E-state index contributed by atoms with van der Waals surface area (Å²) in [5, 5.41) is 16.0. The largest absolute Gasteiger partial charge is 0.474 e. The first-order chi connectivity index (χ1) is 31.4. The Balaban J connectivity index is 0.885. The Morgan fingerprint density at radius 1 is 0.985 bits per heavy atom. The molecule has 1 spiro atoms. The number of nitro groups is 1. The normalized spacial score (nSPS) is 20.4. The number of hydrogen-bond donors (Lipinski definition) is 3. The summed E-state index contributed by atoms with van der Waals surface area (Å²) in [6.07, 6.45) is 11.4. The van der Waals surface area contributed by atoms with Gasteiger partial charge in [-0.05, 0) is 117 Å². The highest BCUT2D eigenvalue weighted by Crippen LogP contribution is 2.54. The van der Waals surface area contributed by atoms with Crippen molar-refractivity contribution in [1.82, 2.24) is 24.6 Å². The minimum absolute atomic E-state index is 0.0370. The molecule has 4 aliphatic heterocycles. The highest BCUT2D eigenvalue weighted by atomic mass is 32.2. The molecule has 3 N–H and O–H groups in total. The van der Waals surface area contributed by atoms with Crippen molar-refractivity contribution in [3.8, 4) is 5.88 Å². The van der Waals surface area contributed by atoms with Gasteiger partial charge in [-0.1, -0.05) is 38.1 Å². The van der Waals surface area contributed by atoms with Gasteiger partial charge in [-0.25, -0.2) is 18.1 Å². The third-order valence-electron chi connectivity index (χ3n) is 14.6. The van der Waals surface area contributed by atoms with E-state index in [0.717, 1.165) is 68.7 Å². The topological polar surface area (TPSA) is 188 Å². The molecule has 3 saturated heterocycles. The number of aromatic amines is 1. The van der Waals surface area contributed by atoms with Gasteiger partial charge in [0.15, 0.2) is 0 Å². The van der Waals surface area contributed by atoms with Gasteiger partial charge in [0, 0.05) is 68.3 Å². The van der Waals surface area contributed by atoms with Crippen LogP contribution in [0.15, 0.2) is 78.0 Å². The van der Waals surface area contributed by atoms with Crippen LogP contribution in [0.25, 0.3) is 11.0 Å². The number of aromatic nitrogens is 3. The van der Waals surface area contributed by atoms with E-state index in [4.69, 9.17) is 14.5 Å². The number of ether oxygens (including phenoxy) is 2. The van der Waals surface area contributed by atoms with Crippen molar-refractivity contribution >= 4 is 55.5 Å². The minimum atomic E-state index is -4.61. The van der Waals surface area contributed by atoms with Crippen molar-refractivity contribution in [2.24, 2.45) is 11.3 Å². The number of carbonyl (C=O) groups excluding carboxylic acids is 1. The Bertz CT molecular complexity index is 2700. The number of H-pyrrole nitrogens is 1. The van der Waals surface area contributed by atoms with Crippen LogP contribution in [0.4, 0.5) is 28.6 Å². The van der Waals surface area contributed by atoms with Gasteiger partial charge in [-0.3, -0.25) is 19.8 Å². The lowest BCUT2D eigenvalue weighted by Crippen LogP contribution is -2.55. The Morgan fingerprint density at radius 3 is 2.57 bits per heavy atom. The number of nitrogens with zero attached hydrogens (tertiary/aromatic N) is 6. The maximum Gasteiger partial charge on any atom is 0.312 e. The molecule has 7 heterocycles. The second-order valence-electron chi connectivity index (χ2n) is 18.8. The van der Waals surface area contributed by atoms with Crippen LogP contribution in [0.5, 0.6) is 5.88 Å². The summed E-state index contributed by atoms with van der Waals surface area (Å²) < 4.78 is 41.4. The first kappa shape index (κ1) is 43.1. The van der Waals surface area contributed by atoms with E-state index >= 15 is 0 Å². The number of nitrogens with one attached hydrogen (secondary N) is 3. The van der Waals surface area contributed by atoms with Crippen LogP contribution in [0.2, 0.25) is 0 Å². The van der Waals surface area contributed by atoms with Crippen LogP contribution < -0.4 is 24.6 Å². The molecule has 65 heavy (non-hydrogen) atoms. The number of hydrogen-bond acceptors (Lipinski definition) is 13. The lowest BCUT2D eigenvalue weighted by molar-refractivity contribution is -0.384. The Labute approximate surface area is 379 Å². The molecule has 1 aliphatic carbocycles. The van der Waals surface area contributed by atoms with E-state index < -0.39 is 31.4 Å². The van der Waals surface area contributed by atoms with Crippen molar-refractivity contribution in [1.29, 1.82) is 0 Å². The summed E-state index contributed by atoms with van der Waals surface area (Å²) in [4.78, 5) is 44.4. The van der Waals surface area contributed by atoms with Gasteiger partial charge in [0.25, 0.3) is 15.9 Å². The monoisotopic (exact) mass is 903 g/mol. The van der Waals surface area contributed by atoms with Crippen molar-refractivity contribution in [3.63, 3.8) is 0 Å². The molecule has 1 saturated carbocycles. The predicted octanol–water partition coefficient (Wildman–Crippen LogP) is 8.06. The van der Waals surface area contributed by atoms with Gasteiger partial charge in [0.1, 0.15) is 22.8 Å². The number of pyridine rings is 2. The molecule has 2 aromatic carbocycles. The van der Waals surface area contributed by atoms with Gasteiger partial charge in [-0.15, -0.1) is 0 Å². The zero-order valence-electron chi connectivity index (χ0n) is 37.0. The minimum Gasteiger partial charge on any atom is -0.474 e. The number of amides is 1. The lowest BCUT2D eigenvalue weighted by atomic mass is 9.59. The summed E-state index contributed by atoms with van der Waals surface area (Å²) >= 11 is 0. The van der Waals surface area contributed by atoms with E-state index in [0.29, 0.717) is 72.6 Å². The molecule has 0 radical (unpaired) electrons. The third-order valence-corrected chi connectivity index (χ3v) is 15.9. The van der Waals surface area contributed by atoms with E-state index in [-0.39, 0.29) is 23.9 Å². The van der Waals surface area contributed by atoms with Crippen LogP contribution in [-0.4, -0.2) is 97.7 Å². The second-order valence-corrected chi connectivity index (χ2v) is 20.5. The summed E-state index contributed by atoms with van der Waals surface area (Å²) in [7, 11) is -4.61. The highest BCUT2D eigenvalue weighted by molar-refractivity contribution is 7.90. The molecule has 17 heteroatoms. The van der Waals surface area contributed by atoms with Gasteiger partial charge in [0.05, 0.1) is 28.9 Å². The van der Waals surface area contributed by atoms with E-state index in [1.807, 2.05) is 29.2 Å². The van der Waals surface area contributed by atoms with E-state index in [1.54, 1.807) is 12.3 Å². The molecule has 1 atom stereocenters. The van der Waals surface area contributed by atoms with Crippen LogP contribution in [0.1, 0.15) is 98.7 Å². The number of benzene rings is 2. The van der Waals surface area contributed by atoms with E-state index in [2.05, 4.69) is 67.9 Å². The maximum absolute atomic E-state index is 14.3. The molecule has 342 valence electrons. The summed E-state index contributed by atoms with van der Waals surface area (Å²) in [6, 6.07) is 20.4. The number of carbonyl (C=O) groups is 1. The average molecular weight is 904 g/mol. The average Bonchev–Trinajstić information content (AvgIpc) is 3.99. The smallest absolute Gasteiger partial charge is 0.312 e. The zero-order chi connectivity index (χ0) is 44.9. The van der Waals surface area contributed by atoms with Crippen LogP contribution in [-0.2, 0) is 14.8 Å². The molecule has 5 aliphatic rings. The SMILES string of the molecule is CC(C)c1ccccc1[C@@H]1CCCN1C1CC2(CCN(c3ccc(C(=O)NS(=O)(=O)c4cnc(NCC5CCOCC5)c([N+](=O)[O-])c4)c(N4CCOc5nc6[nH]ccc6cc54)c3)CC2)C1. The van der Waals surface area contributed by atoms with Crippen molar-refractivity contribution in [3.05, 3.63) is 99.9 Å². The fraction of sp³-hybridized carbons (Fsp3) is 0.479. The Hall–Kier alpha value is -5.78. The summed E-state index contributed by atoms with van der Waals surface area (Å²) in [5.41, 5.74) is 5.64. The van der Waals surface area contributed by atoms with Crippen LogP contribution >= 0.6 is 0 Å². The zero-order valence-corrected chi connectivity index (χ0v) is 37.8. The van der Waals surface area contributed by atoms with E-state index in [1.165, 1.54) is 36.8 Å². The van der Waals surface area contributed by atoms with Crippen molar-refractivity contribution in [2.75, 3.05) is 67.7 Å². The number of fused-ring (bicyclic) bond motifs is 2. The molecule has 1 amide bonds. The molecule has 10 rings (SSSR count). The number of anilines is 4. The first-order valence-electron chi connectivity index (χ1n) is 23.1. The third kappa shape index (κ3) is 8.49. The van der Waals surface area contributed by atoms with Crippen molar-refractivity contribution in [2.45, 2.75) is 88.1 Å². The molecule has 3 aromatic heterocycles. The quantitative estimate of drug-likeness (QED) is 0.0807. The number of piperidine rings is 1. The molecular formula is C48H57N9O7S. The number of likely N-dealkylation sites (tertiary alicyclic amines) is 1. The predicted molar refractivity (Wildman–Crippen MR) is 249 cm³/mol. The lowest BCUT2D eigenvalue weighted by Gasteiger charge is -2.56. The van der Waals surface area contributed by atoms with Gasteiger partial charge >= 0.3 is 5.69 Å². The maximum atomic E-state index is 14.3. The summed E-state index contributed by atoms with van der Waals surface area (Å²) in [6.45, 7) is 9.79. The first-order valence-corrected chi connectivity index (χ1v) is 24.6. The number of sulfonamides is 1. The fourth-order valence-corrected chi connectivity index (χ4v) is 11.9. The number of rotatable bonds is 12. The van der Waals surface area contributed by atoms with Gasteiger partial charge in [-0.2, -0.15) is 4.98 Å². The van der Waals surface area contributed by atoms with Gasteiger partial charge < -0.3 is 29.6 Å². The fourth-order valence-electron chi connectivity index (χ4n) is 11.0. The van der Waals surface area contributed by atoms with Crippen LogP contribution in [0.3, 0.4) is 0 Å². The molecule has 5 aromatic rings. The summed E-state index contributed by atoms with van der Waals surface area (Å²) in [5.74, 6) is 0.214. The van der Waals surface area contributed by atoms with Crippen molar-refractivity contribution < 1.29 is 27.6 Å². The molecule has 16 nitrogen and oxygen atoms in total. The molecule has 4 fully saturated rings. The Kier molecular flexibility index (Phi) is 11.6. The molecular weight excluding hydrogens is 847 g/mol. The van der Waals surface area contributed by atoms with E-state index in [9.17, 15) is 23.3 Å². The van der Waals surface area contributed by atoms with Crippen LogP contribution in [0, 0.1) is 21.4 Å². The molecule has 0 unspecified atom stereocenters. The Morgan fingerprint density at radius 2 is 1.78 bits per heavy atom. The van der Waals surface area contributed by atoms with Gasteiger partial charge in [0.2, 0.25) is 11.7 Å². The standard InChI is InChI=1S/C48H57N9O7S/c1-31(2)37-6-3-4-7-38(37)40-8-5-17-55(40)35-27-48(28-35)14-18-54(19-15-48)34-9-10-39(41(25-34)56-20-23-64-47-43(56)24-33-11-16-49-44(33)52-47)46(58)53-65(61,62)36-26-42(57(59)60)45(51-30-36)50-29-32-12-21-63-22-13-32/h3-4,6-7,9-11,16,24-26,30-32,35,40H,5,8,12-15,17-23,27-29H2,1-2H3,(H,49,52)(H,50,51)(H,53,58)/t40-/m0/s1.